The van der Waals surface area contributed by atoms with Gasteiger partial charge < -0.3 is 0 Å². The molecule has 1 aliphatic rings. The molecule has 1 aromatic carbocycles. The molecular weight excluding hydrogens is 254 g/mol. The third kappa shape index (κ3) is 2.59. The number of Topliss-reactive ketones (excluding diaryl/α,β-unsaturated/α-hetero) is 1. The van der Waals surface area contributed by atoms with E-state index in [2.05, 4.69) is 0 Å². The highest BCUT2D eigenvalue weighted by molar-refractivity contribution is 6.34. The molecule has 5 heteroatoms. The molecule has 1 aliphatic carbocycles. The summed E-state index contributed by atoms with van der Waals surface area (Å²) in [6, 6.07) is 6.38. The Morgan fingerprint density at radius 3 is 2.83 bits per heavy atom. The van der Waals surface area contributed by atoms with Gasteiger partial charge in [0.25, 0.3) is 5.69 Å². The molecule has 0 bridgehead atoms. The lowest BCUT2D eigenvalue weighted by Crippen LogP contribution is -2.21. The van der Waals surface area contributed by atoms with Gasteiger partial charge in [-0.3, -0.25) is 14.9 Å². The Kier molecular flexibility index (Phi) is 3.77. The number of ketones is 1. The second-order valence-corrected chi connectivity index (χ2v) is 4.74. The van der Waals surface area contributed by atoms with Gasteiger partial charge in [-0.05, 0) is 37.0 Å². The number of carbonyl (C=O) groups excluding carboxylic acids is 1. The van der Waals surface area contributed by atoms with Crippen LogP contribution < -0.4 is 0 Å². The average molecular weight is 266 g/mol. The molecule has 0 N–H and O–H groups in total. The number of nitrogens with zero attached hydrogens (tertiary/aromatic N) is 1. The zero-order valence-electron chi connectivity index (χ0n) is 9.64. The van der Waals surface area contributed by atoms with E-state index in [1.807, 2.05) is 0 Å². The Bertz CT molecular complexity index is 525. The van der Waals surface area contributed by atoms with Gasteiger partial charge in [-0.15, -0.1) is 11.6 Å². The normalized spacial score (nSPS) is 22.2. The van der Waals surface area contributed by atoms with Gasteiger partial charge in [0.1, 0.15) is 0 Å². The minimum atomic E-state index is -0.493. The third-order valence-corrected chi connectivity index (χ3v) is 3.38. The number of nitro groups is 1. The smallest absolute Gasteiger partial charge is 0.276 e. The van der Waals surface area contributed by atoms with Crippen LogP contribution >= 0.6 is 11.6 Å². The lowest BCUT2D eigenvalue weighted by molar-refractivity contribution is -0.385. The lowest BCUT2D eigenvalue weighted by atomic mass is 9.91. The van der Waals surface area contributed by atoms with Crippen LogP contribution in [-0.2, 0) is 4.79 Å². The van der Waals surface area contributed by atoms with E-state index in [1.54, 1.807) is 24.3 Å². The van der Waals surface area contributed by atoms with E-state index in [1.165, 1.54) is 6.07 Å². The maximum absolute atomic E-state index is 11.8. The summed E-state index contributed by atoms with van der Waals surface area (Å²) in [5.41, 5.74) is 1.04. The number of benzene rings is 1. The minimum Gasteiger partial charge on any atom is -0.293 e. The maximum Gasteiger partial charge on any atom is 0.276 e. The highest BCUT2D eigenvalue weighted by Gasteiger charge is 2.25. The fraction of sp³-hybridized carbons (Fsp3) is 0.308. The first-order valence-electron chi connectivity index (χ1n) is 5.72. The number of hydrogen-bond acceptors (Lipinski definition) is 3. The van der Waals surface area contributed by atoms with E-state index < -0.39 is 10.3 Å². The van der Waals surface area contributed by atoms with Gasteiger partial charge in [-0.25, -0.2) is 0 Å². The van der Waals surface area contributed by atoms with Crippen molar-refractivity contribution < 1.29 is 9.72 Å². The van der Waals surface area contributed by atoms with Crippen molar-refractivity contribution in [3.05, 3.63) is 45.5 Å². The summed E-state index contributed by atoms with van der Waals surface area (Å²) >= 11 is 5.91. The van der Waals surface area contributed by atoms with Crippen molar-refractivity contribution in [2.75, 3.05) is 0 Å². The molecule has 0 saturated heterocycles. The molecule has 0 aromatic heterocycles. The monoisotopic (exact) mass is 265 g/mol. The Balaban J connectivity index is 2.38. The van der Waals surface area contributed by atoms with Crippen LogP contribution in [0.15, 0.2) is 29.8 Å². The van der Waals surface area contributed by atoms with Crippen LogP contribution in [0, 0.1) is 10.1 Å². The zero-order chi connectivity index (χ0) is 13.1. The SMILES string of the molecule is O=C1C(=Cc2ccccc2[N+](=O)[O-])CCCC1Cl. The van der Waals surface area contributed by atoms with E-state index in [-0.39, 0.29) is 11.5 Å². The average Bonchev–Trinajstić information content (AvgIpc) is 2.35. The number of alkyl halides is 1. The highest BCUT2D eigenvalue weighted by Crippen LogP contribution is 2.28. The first-order chi connectivity index (χ1) is 8.59. The number of hydrogen-bond donors (Lipinski definition) is 0. The quantitative estimate of drug-likeness (QED) is 0.357. The molecule has 0 amide bonds. The van der Waals surface area contributed by atoms with E-state index in [9.17, 15) is 14.9 Å². The number of rotatable bonds is 2. The number of nitro benzene ring substituents is 1. The van der Waals surface area contributed by atoms with Crippen molar-refractivity contribution in [1.29, 1.82) is 0 Å². The summed E-state index contributed by atoms with van der Waals surface area (Å²) in [5.74, 6) is -0.110. The van der Waals surface area contributed by atoms with Crippen molar-refractivity contribution in [1.82, 2.24) is 0 Å². The van der Waals surface area contributed by atoms with Crippen molar-refractivity contribution >= 4 is 29.1 Å². The van der Waals surface area contributed by atoms with Crippen molar-refractivity contribution in [3.8, 4) is 0 Å². The molecule has 0 aliphatic heterocycles. The van der Waals surface area contributed by atoms with Crippen molar-refractivity contribution in [2.24, 2.45) is 0 Å². The maximum atomic E-state index is 11.8. The predicted molar refractivity (Wildman–Crippen MR) is 69.6 cm³/mol. The molecule has 4 nitrogen and oxygen atoms in total. The number of carbonyl (C=O) groups is 1. The van der Waals surface area contributed by atoms with Crippen LogP contribution in [0.4, 0.5) is 5.69 Å². The van der Waals surface area contributed by atoms with E-state index in [4.69, 9.17) is 11.6 Å². The van der Waals surface area contributed by atoms with Gasteiger partial charge in [0.15, 0.2) is 5.78 Å². The largest absolute Gasteiger partial charge is 0.293 e. The number of allylic oxidation sites excluding steroid dienone is 1. The standard InChI is InChI=1S/C13H12ClNO3/c14-11-6-3-5-10(13(11)16)8-9-4-1-2-7-12(9)15(17)18/h1-2,4,7-8,11H,3,5-6H2. The van der Waals surface area contributed by atoms with E-state index in [0.29, 0.717) is 24.0 Å². The molecule has 1 saturated carbocycles. The summed E-state index contributed by atoms with van der Waals surface area (Å²) in [4.78, 5) is 22.3. The van der Waals surface area contributed by atoms with Gasteiger partial charge in [-0.1, -0.05) is 12.1 Å². The summed E-state index contributed by atoms with van der Waals surface area (Å²) in [6.45, 7) is 0. The highest BCUT2D eigenvalue weighted by atomic mass is 35.5. The van der Waals surface area contributed by atoms with Gasteiger partial charge in [-0.2, -0.15) is 0 Å². The molecule has 2 rings (SSSR count). The first-order valence-corrected chi connectivity index (χ1v) is 6.15. The van der Waals surface area contributed by atoms with Crippen molar-refractivity contribution in [3.63, 3.8) is 0 Å². The van der Waals surface area contributed by atoms with Crippen molar-refractivity contribution in [2.45, 2.75) is 24.6 Å². The summed E-state index contributed by atoms with van der Waals surface area (Å²) < 4.78 is 0. The lowest BCUT2D eigenvalue weighted by Gasteiger charge is -2.17. The fourth-order valence-electron chi connectivity index (χ4n) is 2.03. The van der Waals surface area contributed by atoms with Crippen LogP contribution in [0.2, 0.25) is 0 Å². The number of para-hydroxylation sites is 1. The second kappa shape index (κ2) is 5.31. The van der Waals surface area contributed by atoms with E-state index in [0.717, 1.165) is 6.42 Å². The minimum absolute atomic E-state index is 0.00879. The molecule has 0 radical (unpaired) electrons. The third-order valence-electron chi connectivity index (χ3n) is 2.97. The molecule has 1 unspecified atom stereocenters. The molecule has 18 heavy (non-hydrogen) atoms. The van der Waals surface area contributed by atoms with Crippen LogP contribution in [0.3, 0.4) is 0 Å². The van der Waals surface area contributed by atoms with Crippen LogP contribution in [0.25, 0.3) is 6.08 Å². The molecule has 0 heterocycles. The number of halogens is 1. The Hall–Kier alpha value is -1.68. The van der Waals surface area contributed by atoms with Gasteiger partial charge in [0.05, 0.1) is 15.9 Å². The molecule has 1 fully saturated rings. The van der Waals surface area contributed by atoms with Gasteiger partial charge in [0.2, 0.25) is 0 Å². The summed E-state index contributed by atoms with van der Waals surface area (Å²) in [7, 11) is 0. The van der Waals surface area contributed by atoms with Crippen LogP contribution in [-0.4, -0.2) is 16.1 Å². The molecular formula is C13H12ClNO3. The van der Waals surface area contributed by atoms with E-state index >= 15 is 0 Å². The predicted octanol–water partition coefficient (Wildman–Crippen LogP) is 3.34. The molecule has 1 atom stereocenters. The summed E-state index contributed by atoms with van der Waals surface area (Å²) in [5, 5.41) is 10.4. The first kappa shape index (κ1) is 12.8. The topological polar surface area (TPSA) is 60.2 Å². The molecule has 94 valence electrons. The second-order valence-electron chi connectivity index (χ2n) is 4.21. The zero-order valence-corrected chi connectivity index (χ0v) is 10.4. The Morgan fingerprint density at radius 2 is 2.11 bits per heavy atom. The molecule has 0 spiro atoms. The molecule has 1 aromatic rings. The Morgan fingerprint density at radius 1 is 1.39 bits per heavy atom. The Labute approximate surface area is 109 Å². The van der Waals surface area contributed by atoms with Gasteiger partial charge in [0, 0.05) is 6.07 Å². The van der Waals surface area contributed by atoms with Crippen LogP contribution in [0.1, 0.15) is 24.8 Å². The summed E-state index contributed by atoms with van der Waals surface area (Å²) in [6.07, 6.45) is 3.74. The fourth-order valence-corrected chi connectivity index (χ4v) is 2.33. The van der Waals surface area contributed by atoms with Crippen LogP contribution in [0.5, 0.6) is 0 Å². The van der Waals surface area contributed by atoms with Gasteiger partial charge >= 0.3 is 0 Å².